The quantitative estimate of drug-likeness (QED) is 0.134. The van der Waals surface area contributed by atoms with Crippen LogP contribution in [0.25, 0.3) is 22.0 Å². The number of carbonyl (C=O) groups excluding carboxylic acids is 1. The molecule has 37 heavy (non-hydrogen) atoms. The second kappa shape index (κ2) is 9.81. The van der Waals surface area contributed by atoms with Gasteiger partial charge in [-0.15, -0.1) is 0 Å². The molecule has 0 fully saturated rings. The zero-order valence-electron chi connectivity index (χ0n) is 18.9. The first-order chi connectivity index (χ1) is 17.4. The van der Waals surface area contributed by atoms with Gasteiger partial charge in [-0.3, -0.25) is 4.98 Å². The van der Waals surface area contributed by atoms with Gasteiger partial charge in [0.25, 0.3) is 0 Å². The molecule has 7 nitrogen and oxygen atoms in total. The van der Waals surface area contributed by atoms with E-state index in [1.54, 1.807) is 19.1 Å². The van der Waals surface area contributed by atoms with E-state index in [4.69, 9.17) is 4.74 Å². The predicted octanol–water partition coefficient (Wildman–Crippen LogP) is 5.43. The number of carbonyl (C=O) groups is 1. The van der Waals surface area contributed by atoms with Crippen molar-refractivity contribution in [2.75, 3.05) is 6.61 Å². The second-order valence-corrected chi connectivity index (χ2v) is 9.21. The van der Waals surface area contributed by atoms with Gasteiger partial charge >= 0.3 is 21.6 Å². The van der Waals surface area contributed by atoms with Crippen LogP contribution in [0.5, 0.6) is 5.75 Å². The highest BCUT2D eigenvalue weighted by molar-refractivity contribution is 7.88. The summed E-state index contributed by atoms with van der Waals surface area (Å²) >= 11 is 0. The standard InChI is InChI=1S/C24H17F5N2O5S/c1-2-35-23(32)22-21(14-4-3-9-30-12-14)18-11-17(36-37(33,34)24(27,28)29)7-8-20(18)31(22)13-15-5-6-16(25)10-19(15)26/h3-12H,2,13H2,1H3. The van der Waals surface area contributed by atoms with Crippen molar-refractivity contribution in [2.24, 2.45) is 0 Å². The summed E-state index contributed by atoms with van der Waals surface area (Å²) in [6.07, 6.45) is 2.82. The van der Waals surface area contributed by atoms with Crippen LogP contribution in [0.4, 0.5) is 22.0 Å². The average molecular weight is 540 g/mol. The molecule has 2 aromatic heterocycles. The SMILES string of the molecule is CCOC(=O)c1c(-c2cccnc2)c2cc(OS(=O)(=O)C(F)(F)F)ccc2n1Cc1ccc(F)cc1F. The number of halogens is 5. The van der Waals surface area contributed by atoms with E-state index < -0.39 is 39.0 Å². The molecule has 2 heterocycles. The molecule has 0 unspecified atom stereocenters. The molecule has 0 saturated carbocycles. The van der Waals surface area contributed by atoms with Gasteiger partial charge in [0.1, 0.15) is 23.1 Å². The number of rotatable bonds is 7. The van der Waals surface area contributed by atoms with Gasteiger partial charge in [-0.2, -0.15) is 21.6 Å². The molecule has 0 amide bonds. The first-order valence-electron chi connectivity index (χ1n) is 10.6. The summed E-state index contributed by atoms with van der Waals surface area (Å²) in [5.41, 5.74) is -5.09. The fourth-order valence-electron chi connectivity index (χ4n) is 3.76. The molecule has 13 heteroatoms. The molecular formula is C24H17F5N2O5S. The van der Waals surface area contributed by atoms with E-state index in [1.807, 2.05) is 0 Å². The molecule has 0 aliphatic rings. The third kappa shape index (κ3) is 5.12. The Bertz CT molecular complexity index is 1580. The summed E-state index contributed by atoms with van der Waals surface area (Å²) in [4.78, 5) is 17.1. The Morgan fingerprint density at radius 2 is 1.84 bits per heavy atom. The number of hydrogen-bond acceptors (Lipinski definition) is 6. The van der Waals surface area contributed by atoms with Crippen molar-refractivity contribution in [1.82, 2.24) is 9.55 Å². The number of ether oxygens (including phenoxy) is 1. The van der Waals surface area contributed by atoms with Crippen LogP contribution in [-0.4, -0.2) is 36.1 Å². The molecule has 0 aliphatic heterocycles. The van der Waals surface area contributed by atoms with Crippen LogP contribution < -0.4 is 4.18 Å². The van der Waals surface area contributed by atoms with E-state index in [1.165, 1.54) is 29.1 Å². The second-order valence-electron chi connectivity index (χ2n) is 7.67. The van der Waals surface area contributed by atoms with Crippen LogP contribution in [0.15, 0.2) is 60.9 Å². The zero-order chi connectivity index (χ0) is 27.0. The molecule has 0 N–H and O–H groups in total. The predicted molar refractivity (Wildman–Crippen MR) is 122 cm³/mol. The van der Waals surface area contributed by atoms with Crippen molar-refractivity contribution in [3.8, 4) is 16.9 Å². The van der Waals surface area contributed by atoms with Crippen molar-refractivity contribution < 1.29 is 44.1 Å². The topological polar surface area (TPSA) is 87.5 Å². The minimum atomic E-state index is -5.98. The van der Waals surface area contributed by atoms with Gasteiger partial charge < -0.3 is 13.5 Å². The maximum Gasteiger partial charge on any atom is 0.534 e. The Morgan fingerprint density at radius 1 is 1.08 bits per heavy atom. The molecule has 0 saturated heterocycles. The number of hydrogen-bond donors (Lipinski definition) is 0. The molecule has 0 bridgehead atoms. The van der Waals surface area contributed by atoms with Crippen LogP contribution in [0.3, 0.4) is 0 Å². The number of pyridine rings is 1. The van der Waals surface area contributed by atoms with Gasteiger partial charge in [0.2, 0.25) is 0 Å². The number of alkyl halides is 3. The Labute approximate surface area is 207 Å². The normalized spacial score (nSPS) is 12.1. The summed E-state index contributed by atoms with van der Waals surface area (Å²) in [6, 6.07) is 9.19. The Kier molecular flexibility index (Phi) is 6.91. The summed E-state index contributed by atoms with van der Waals surface area (Å²) in [5, 5.41) is 0.105. The molecule has 194 valence electrons. The fraction of sp³-hybridized carbons (Fsp3) is 0.167. The molecule has 0 aliphatic carbocycles. The molecule has 4 rings (SSSR count). The summed E-state index contributed by atoms with van der Waals surface area (Å²) in [7, 11) is -5.98. The summed E-state index contributed by atoms with van der Waals surface area (Å²) < 4.78 is 101. The van der Waals surface area contributed by atoms with Gasteiger partial charge in [0.05, 0.1) is 13.2 Å². The minimum Gasteiger partial charge on any atom is -0.461 e. The smallest absolute Gasteiger partial charge is 0.461 e. The number of aromatic nitrogens is 2. The van der Waals surface area contributed by atoms with Gasteiger partial charge in [-0.25, -0.2) is 13.6 Å². The Balaban J connectivity index is 2.01. The van der Waals surface area contributed by atoms with Gasteiger partial charge in [-0.05, 0) is 37.3 Å². The van der Waals surface area contributed by atoms with Crippen molar-refractivity contribution >= 4 is 27.0 Å². The molecule has 0 atom stereocenters. The third-order valence-electron chi connectivity index (χ3n) is 5.29. The van der Waals surface area contributed by atoms with Crippen molar-refractivity contribution in [3.05, 3.63) is 83.8 Å². The minimum absolute atomic E-state index is 0.00145. The van der Waals surface area contributed by atoms with Crippen LogP contribution >= 0.6 is 0 Å². The van der Waals surface area contributed by atoms with Crippen molar-refractivity contribution in [1.29, 1.82) is 0 Å². The number of fused-ring (bicyclic) bond motifs is 1. The lowest BCUT2D eigenvalue weighted by atomic mass is 10.0. The van der Waals surface area contributed by atoms with Crippen LogP contribution in [0.1, 0.15) is 23.0 Å². The monoisotopic (exact) mass is 540 g/mol. The Morgan fingerprint density at radius 3 is 2.46 bits per heavy atom. The average Bonchev–Trinajstić information content (AvgIpc) is 3.14. The van der Waals surface area contributed by atoms with Crippen molar-refractivity contribution in [2.45, 2.75) is 19.0 Å². The van der Waals surface area contributed by atoms with E-state index in [-0.39, 0.29) is 40.9 Å². The van der Waals surface area contributed by atoms with Crippen LogP contribution in [0.2, 0.25) is 0 Å². The summed E-state index contributed by atoms with van der Waals surface area (Å²) in [6.45, 7) is 1.23. The number of nitrogens with zero attached hydrogens (tertiary/aromatic N) is 2. The third-order valence-corrected chi connectivity index (χ3v) is 6.27. The largest absolute Gasteiger partial charge is 0.534 e. The molecule has 0 radical (unpaired) electrons. The van der Waals surface area contributed by atoms with E-state index in [9.17, 15) is 35.2 Å². The fourth-order valence-corrected chi connectivity index (χ4v) is 4.21. The molecule has 0 spiro atoms. The van der Waals surface area contributed by atoms with Crippen molar-refractivity contribution in [3.63, 3.8) is 0 Å². The lowest BCUT2D eigenvalue weighted by Gasteiger charge is -2.12. The maximum atomic E-state index is 14.5. The maximum absolute atomic E-state index is 14.5. The highest BCUT2D eigenvalue weighted by atomic mass is 32.2. The lowest BCUT2D eigenvalue weighted by Crippen LogP contribution is -2.28. The highest BCUT2D eigenvalue weighted by Gasteiger charge is 2.48. The van der Waals surface area contributed by atoms with Crippen LogP contribution in [-0.2, 0) is 21.4 Å². The Hall–Kier alpha value is -4.00. The highest BCUT2D eigenvalue weighted by Crippen LogP contribution is 2.39. The molecular weight excluding hydrogens is 523 g/mol. The lowest BCUT2D eigenvalue weighted by molar-refractivity contribution is -0.0500. The zero-order valence-corrected chi connectivity index (χ0v) is 19.7. The first kappa shape index (κ1) is 26.1. The van der Waals surface area contributed by atoms with Crippen LogP contribution in [0, 0.1) is 11.6 Å². The number of benzene rings is 2. The van der Waals surface area contributed by atoms with E-state index >= 15 is 0 Å². The van der Waals surface area contributed by atoms with Gasteiger partial charge in [-0.1, -0.05) is 12.1 Å². The molecule has 2 aromatic carbocycles. The van der Waals surface area contributed by atoms with E-state index in [0.717, 1.165) is 18.2 Å². The molecule has 4 aromatic rings. The van der Waals surface area contributed by atoms with E-state index in [2.05, 4.69) is 9.17 Å². The summed E-state index contributed by atoms with van der Waals surface area (Å²) in [5.74, 6) is -3.22. The van der Waals surface area contributed by atoms with Gasteiger partial charge in [0.15, 0.2) is 0 Å². The van der Waals surface area contributed by atoms with Gasteiger partial charge in [0, 0.05) is 46.1 Å². The first-order valence-corrected chi connectivity index (χ1v) is 12.0. The van der Waals surface area contributed by atoms with E-state index in [0.29, 0.717) is 11.6 Å². The number of esters is 1.